The lowest BCUT2D eigenvalue weighted by Gasteiger charge is -2.09. The average molecular weight is 336 g/mol. The van der Waals surface area contributed by atoms with Crippen LogP contribution in [0.1, 0.15) is 19.4 Å². The Balaban J connectivity index is 2.05. The van der Waals surface area contributed by atoms with Gasteiger partial charge >= 0.3 is 6.01 Å². The topological polar surface area (TPSA) is 69.0 Å². The van der Waals surface area contributed by atoms with Gasteiger partial charge in [-0.15, -0.1) is 5.10 Å². The van der Waals surface area contributed by atoms with Crippen LogP contribution in [0, 0.1) is 6.92 Å². The maximum Gasteiger partial charge on any atom is 0.336 e. The Labute approximate surface area is 146 Å². The third-order valence-electron chi connectivity index (χ3n) is 3.68. The van der Waals surface area contributed by atoms with E-state index in [1.54, 1.807) is 4.68 Å². The van der Waals surface area contributed by atoms with Crippen LogP contribution in [-0.2, 0) is 4.79 Å². The summed E-state index contributed by atoms with van der Waals surface area (Å²) >= 11 is 0. The number of benzene rings is 2. The Morgan fingerprint density at radius 3 is 2.52 bits per heavy atom. The molecule has 0 fully saturated rings. The van der Waals surface area contributed by atoms with E-state index in [1.807, 2.05) is 62.4 Å². The first-order valence-electron chi connectivity index (χ1n) is 8.12. The number of aryl methyl sites for hydroxylation is 1. The van der Waals surface area contributed by atoms with Gasteiger partial charge in [-0.25, -0.2) is 4.68 Å². The number of carbonyl (C=O) groups is 1. The predicted octanol–water partition coefficient (Wildman–Crippen LogP) is 3.60. The second kappa shape index (κ2) is 7.17. The van der Waals surface area contributed by atoms with Crippen molar-refractivity contribution in [2.24, 2.45) is 0 Å². The van der Waals surface area contributed by atoms with Gasteiger partial charge in [0.25, 0.3) is 0 Å². The van der Waals surface area contributed by atoms with E-state index in [9.17, 15) is 4.79 Å². The van der Waals surface area contributed by atoms with E-state index >= 15 is 0 Å². The Bertz CT molecular complexity index is 885. The highest BCUT2D eigenvalue weighted by Crippen LogP contribution is 2.26. The molecule has 6 heteroatoms. The number of nitrogens with one attached hydrogen (secondary N) is 1. The van der Waals surface area contributed by atoms with Crippen LogP contribution in [0.5, 0.6) is 6.01 Å². The molecule has 0 aliphatic rings. The van der Waals surface area contributed by atoms with Crippen LogP contribution in [0.15, 0.2) is 48.5 Å². The molecule has 6 nitrogen and oxygen atoms in total. The maximum atomic E-state index is 11.2. The summed E-state index contributed by atoms with van der Waals surface area (Å²) < 4.78 is 7.24. The van der Waals surface area contributed by atoms with Crippen LogP contribution in [0.25, 0.3) is 17.1 Å². The number of hydrogen-bond donors (Lipinski definition) is 1. The van der Waals surface area contributed by atoms with E-state index < -0.39 is 0 Å². The number of rotatable bonds is 5. The zero-order valence-electron chi connectivity index (χ0n) is 14.5. The molecule has 0 aliphatic carbocycles. The minimum atomic E-state index is -0.104. The van der Waals surface area contributed by atoms with Crippen LogP contribution < -0.4 is 10.1 Å². The molecule has 1 N–H and O–H groups in total. The Morgan fingerprint density at radius 2 is 1.88 bits per heavy atom. The van der Waals surface area contributed by atoms with Gasteiger partial charge in [0.05, 0.1) is 12.3 Å². The standard InChI is InChI=1S/C19H20N4O2/c1-4-25-19-21-18(17-8-6-5-7-13(17)2)23(22-19)16-11-9-15(10-12-16)20-14(3)24/h5-12H,4H2,1-3H3,(H,20,24). The van der Waals surface area contributed by atoms with E-state index in [-0.39, 0.29) is 5.91 Å². The van der Waals surface area contributed by atoms with Crippen molar-refractivity contribution in [3.63, 3.8) is 0 Å². The van der Waals surface area contributed by atoms with Gasteiger partial charge in [-0.3, -0.25) is 4.79 Å². The Morgan fingerprint density at radius 1 is 1.16 bits per heavy atom. The Kier molecular flexibility index (Phi) is 4.79. The van der Waals surface area contributed by atoms with Gasteiger partial charge in [-0.05, 0) is 43.7 Å². The summed E-state index contributed by atoms with van der Waals surface area (Å²) in [5, 5.41) is 7.23. The van der Waals surface area contributed by atoms with Crippen molar-refractivity contribution in [1.82, 2.24) is 14.8 Å². The Hall–Kier alpha value is -3.15. The molecule has 2 aromatic carbocycles. The fraction of sp³-hybridized carbons (Fsp3) is 0.211. The van der Waals surface area contributed by atoms with Gasteiger partial charge in [0.1, 0.15) is 0 Å². The van der Waals surface area contributed by atoms with Crippen molar-refractivity contribution in [1.29, 1.82) is 0 Å². The molecule has 0 saturated carbocycles. The van der Waals surface area contributed by atoms with Crippen LogP contribution in [0.4, 0.5) is 5.69 Å². The molecule has 128 valence electrons. The summed E-state index contributed by atoms with van der Waals surface area (Å²) in [6, 6.07) is 15.8. The number of carbonyl (C=O) groups excluding carboxylic acids is 1. The van der Waals surface area contributed by atoms with Crippen LogP contribution in [-0.4, -0.2) is 27.3 Å². The molecule has 0 radical (unpaired) electrons. The number of nitrogens with zero attached hydrogens (tertiary/aromatic N) is 3. The molecule has 0 bridgehead atoms. The molecule has 0 spiro atoms. The largest absolute Gasteiger partial charge is 0.463 e. The van der Waals surface area contributed by atoms with Gasteiger partial charge < -0.3 is 10.1 Å². The molecule has 1 amide bonds. The minimum Gasteiger partial charge on any atom is -0.463 e. The van der Waals surface area contributed by atoms with Crippen LogP contribution >= 0.6 is 0 Å². The van der Waals surface area contributed by atoms with Crippen molar-refractivity contribution in [2.75, 3.05) is 11.9 Å². The number of hydrogen-bond acceptors (Lipinski definition) is 4. The van der Waals surface area contributed by atoms with Gasteiger partial charge in [0.2, 0.25) is 5.91 Å². The summed E-state index contributed by atoms with van der Waals surface area (Å²) in [5.41, 5.74) is 3.67. The minimum absolute atomic E-state index is 0.104. The molecule has 3 aromatic rings. The molecule has 25 heavy (non-hydrogen) atoms. The average Bonchev–Trinajstić information content (AvgIpc) is 2.99. The molecular formula is C19H20N4O2. The van der Waals surface area contributed by atoms with Crippen LogP contribution in [0.3, 0.4) is 0 Å². The second-order valence-corrected chi connectivity index (χ2v) is 5.61. The highest BCUT2D eigenvalue weighted by atomic mass is 16.5. The first-order chi connectivity index (χ1) is 12.1. The zero-order valence-corrected chi connectivity index (χ0v) is 14.5. The lowest BCUT2D eigenvalue weighted by atomic mass is 10.1. The van der Waals surface area contributed by atoms with Gasteiger partial charge in [-0.2, -0.15) is 4.98 Å². The zero-order chi connectivity index (χ0) is 17.8. The van der Waals surface area contributed by atoms with Crippen molar-refractivity contribution < 1.29 is 9.53 Å². The highest BCUT2D eigenvalue weighted by molar-refractivity contribution is 5.88. The lowest BCUT2D eigenvalue weighted by Crippen LogP contribution is -2.06. The summed E-state index contributed by atoms with van der Waals surface area (Å²) in [7, 11) is 0. The van der Waals surface area contributed by atoms with E-state index in [1.165, 1.54) is 6.92 Å². The van der Waals surface area contributed by atoms with Crippen molar-refractivity contribution in [2.45, 2.75) is 20.8 Å². The molecule has 0 unspecified atom stereocenters. The smallest absolute Gasteiger partial charge is 0.336 e. The molecule has 0 atom stereocenters. The third kappa shape index (κ3) is 3.68. The third-order valence-corrected chi connectivity index (χ3v) is 3.68. The summed E-state index contributed by atoms with van der Waals surface area (Å²) in [5.74, 6) is 0.613. The van der Waals surface area contributed by atoms with Gasteiger partial charge in [-0.1, -0.05) is 24.3 Å². The molecule has 3 rings (SSSR count). The first-order valence-corrected chi connectivity index (χ1v) is 8.12. The van der Waals surface area contributed by atoms with Crippen molar-refractivity contribution >= 4 is 11.6 Å². The van der Waals surface area contributed by atoms with Crippen LogP contribution in [0.2, 0.25) is 0 Å². The normalized spacial score (nSPS) is 10.5. The molecule has 0 saturated heterocycles. The molecular weight excluding hydrogens is 316 g/mol. The van der Waals surface area contributed by atoms with E-state index in [4.69, 9.17) is 4.74 Å². The van der Waals surface area contributed by atoms with E-state index in [0.29, 0.717) is 18.4 Å². The fourth-order valence-corrected chi connectivity index (χ4v) is 2.55. The van der Waals surface area contributed by atoms with Crippen molar-refractivity contribution in [3.8, 4) is 23.1 Å². The SMILES string of the molecule is CCOc1nc(-c2ccccc2C)n(-c2ccc(NC(C)=O)cc2)n1. The number of amides is 1. The molecule has 0 aliphatic heterocycles. The number of anilines is 1. The van der Waals surface area contributed by atoms with E-state index in [0.717, 1.165) is 22.5 Å². The molecule has 1 heterocycles. The first kappa shape index (κ1) is 16.7. The highest BCUT2D eigenvalue weighted by Gasteiger charge is 2.16. The quantitative estimate of drug-likeness (QED) is 0.773. The number of aromatic nitrogens is 3. The maximum absolute atomic E-state index is 11.2. The van der Waals surface area contributed by atoms with Gasteiger partial charge in [0.15, 0.2) is 5.82 Å². The summed E-state index contributed by atoms with van der Waals surface area (Å²) in [6.45, 7) is 5.92. The number of ether oxygens (including phenoxy) is 1. The molecule has 1 aromatic heterocycles. The second-order valence-electron chi connectivity index (χ2n) is 5.61. The lowest BCUT2D eigenvalue weighted by molar-refractivity contribution is -0.114. The van der Waals surface area contributed by atoms with Crippen molar-refractivity contribution in [3.05, 3.63) is 54.1 Å². The fourth-order valence-electron chi connectivity index (χ4n) is 2.55. The monoisotopic (exact) mass is 336 g/mol. The predicted molar refractivity (Wildman–Crippen MR) is 97.0 cm³/mol. The van der Waals surface area contributed by atoms with Gasteiger partial charge in [0, 0.05) is 18.2 Å². The van der Waals surface area contributed by atoms with E-state index in [2.05, 4.69) is 15.4 Å². The summed E-state index contributed by atoms with van der Waals surface area (Å²) in [6.07, 6.45) is 0. The summed E-state index contributed by atoms with van der Waals surface area (Å²) in [4.78, 5) is 15.7.